The van der Waals surface area contributed by atoms with E-state index in [1.807, 2.05) is 0 Å². The summed E-state index contributed by atoms with van der Waals surface area (Å²) in [6.45, 7) is 11.6. The van der Waals surface area contributed by atoms with Crippen molar-refractivity contribution in [2.24, 2.45) is 5.41 Å². The van der Waals surface area contributed by atoms with Crippen molar-refractivity contribution in [2.45, 2.75) is 66.7 Å². The van der Waals surface area contributed by atoms with Gasteiger partial charge >= 0.3 is 0 Å². The smallest absolute Gasteiger partial charge is 0.0241 e. The lowest BCUT2D eigenvalue weighted by molar-refractivity contribution is 0.273. The van der Waals surface area contributed by atoms with Crippen LogP contribution >= 0.6 is 0 Å². The highest BCUT2D eigenvalue weighted by atomic mass is 14.3. The summed E-state index contributed by atoms with van der Waals surface area (Å²) in [6.07, 6.45) is 6.51. The molecule has 0 aliphatic heterocycles. The Bertz CT molecular complexity index is 96.6. The van der Waals surface area contributed by atoms with Crippen molar-refractivity contribution in [1.82, 2.24) is 0 Å². The normalized spacial score (nSPS) is 12.5. The fourth-order valence-corrected chi connectivity index (χ4v) is 1.60. The van der Waals surface area contributed by atoms with Crippen LogP contribution in [0.3, 0.4) is 0 Å². The number of rotatable bonds is 6. The van der Waals surface area contributed by atoms with Gasteiger partial charge < -0.3 is 0 Å². The van der Waals surface area contributed by atoms with Crippen molar-refractivity contribution < 1.29 is 0 Å². The molecule has 73 valence electrons. The zero-order valence-corrected chi connectivity index (χ0v) is 9.54. The van der Waals surface area contributed by atoms with Gasteiger partial charge in [0.2, 0.25) is 0 Å². The molecule has 0 aromatic heterocycles. The first kappa shape index (κ1) is 12.0. The Balaban J connectivity index is 3.99. The maximum atomic E-state index is 2.42. The SMILES string of the molecule is CC[C](CC)CC(C)(CC)CC. The molecule has 0 bridgehead atoms. The Morgan fingerprint density at radius 3 is 1.58 bits per heavy atom. The van der Waals surface area contributed by atoms with Crippen molar-refractivity contribution >= 4 is 0 Å². The van der Waals surface area contributed by atoms with Crippen LogP contribution in [-0.2, 0) is 0 Å². The van der Waals surface area contributed by atoms with Crippen molar-refractivity contribution in [3.63, 3.8) is 0 Å². The van der Waals surface area contributed by atoms with Crippen LogP contribution in [0.1, 0.15) is 66.7 Å². The van der Waals surface area contributed by atoms with Gasteiger partial charge in [0.25, 0.3) is 0 Å². The molecular formula is C12H25. The predicted molar refractivity (Wildman–Crippen MR) is 57.1 cm³/mol. The Labute approximate surface area is 78.8 Å². The molecule has 0 saturated heterocycles. The number of hydrogen-bond donors (Lipinski definition) is 0. The standard InChI is InChI=1S/C12H25/c1-6-11(7-2)10-12(5,8-3)9-4/h6-10H2,1-5H3. The summed E-state index contributed by atoms with van der Waals surface area (Å²) in [5, 5.41) is 0. The summed E-state index contributed by atoms with van der Waals surface area (Å²) in [6, 6.07) is 0. The van der Waals surface area contributed by atoms with E-state index in [9.17, 15) is 0 Å². The molecule has 0 aromatic rings. The van der Waals surface area contributed by atoms with Crippen LogP contribution in [0.2, 0.25) is 0 Å². The van der Waals surface area contributed by atoms with Gasteiger partial charge in [-0.3, -0.25) is 0 Å². The fourth-order valence-electron chi connectivity index (χ4n) is 1.60. The van der Waals surface area contributed by atoms with Crippen molar-refractivity contribution in [3.05, 3.63) is 5.92 Å². The molecule has 0 unspecified atom stereocenters. The Morgan fingerprint density at radius 1 is 0.917 bits per heavy atom. The quantitative estimate of drug-likeness (QED) is 0.545. The van der Waals surface area contributed by atoms with Gasteiger partial charge in [-0.05, 0) is 30.6 Å². The largest absolute Gasteiger partial charge is 0.0649 e. The summed E-state index contributed by atoms with van der Waals surface area (Å²) < 4.78 is 0. The lowest BCUT2D eigenvalue weighted by atomic mass is 9.75. The molecule has 0 atom stereocenters. The third-order valence-corrected chi connectivity index (χ3v) is 3.38. The van der Waals surface area contributed by atoms with Crippen LogP contribution in [0.5, 0.6) is 0 Å². The van der Waals surface area contributed by atoms with Gasteiger partial charge in [0, 0.05) is 0 Å². The Hall–Kier alpha value is 0. The lowest BCUT2D eigenvalue weighted by Gasteiger charge is -2.30. The molecule has 0 aliphatic carbocycles. The molecule has 0 aromatic carbocycles. The average Bonchev–Trinajstić information content (AvgIpc) is 2.14. The van der Waals surface area contributed by atoms with Crippen molar-refractivity contribution in [2.75, 3.05) is 0 Å². The first-order valence-corrected chi connectivity index (χ1v) is 5.45. The monoisotopic (exact) mass is 169 g/mol. The topological polar surface area (TPSA) is 0 Å². The van der Waals surface area contributed by atoms with E-state index in [0.29, 0.717) is 5.41 Å². The average molecular weight is 169 g/mol. The van der Waals surface area contributed by atoms with E-state index in [2.05, 4.69) is 34.6 Å². The predicted octanol–water partition coefficient (Wildman–Crippen LogP) is 4.60. The zero-order chi connectivity index (χ0) is 9.61. The maximum absolute atomic E-state index is 2.42. The maximum Gasteiger partial charge on any atom is -0.0241 e. The molecule has 0 heteroatoms. The van der Waals surface area contributed by atoms with Crippen LogP contribution in [0.15, 0.2) is 0 Å². The van der Waals surface area contributed by atoms with E-state index in [-0.39, 0.29) is 0 Å². The molecule has 0 saturated carbocycles. The number of hydrogen-bond acceptors (Lipinski definition) is 0. The van der Waals surface area contributed by atoms with Gasteiger partial charge in [-0.1, -0.05) is 47.5 Å². The Kier molecular flexibility index (Phi) is 5.61. The molecule has 0 rings (SSSR count). The first-order valence-electron chi connectivity index (χ1n) is 5.45. The van der Waals surface area contributed by atoms with Crippen LogP contribution in [-0.4, -0.2) is 0 Å². The van der Waals surface area contributed by atoms with E-state index in [1.54, 1.807) is 5.92 Å². The third-order valence-electron chi connectivity index (χ3n) is 3.38. The molecule has 0 spiro atoms. The molecule has 0 fully saturated rings. The van der Waals surface area contributed by atoms with Crippen LogP contribution in [0.4, 0.5) is 0 Å². The first-order chi connectivity index (χ1) is 5.61. The van der Waals surface area contributed by atoms with E-state index < -0.39 is 0 Å². The minimum Gasteiger partial charge on any atom is -0.0649 e. The zero-order valence-electron chi connectivity index (χ0n) is 9.54. The van der Waals surface area contributed by atoms with Gasteiger partial charge in [0.1, 0.15) is 0 Å². The molecule has 0 N–H and O–H groups in total. The van der Waals surface area contributed by atoms with Gasteiger partial charge in [-0.15, -0.1) is 0 Å². The molecule has 0 heterocycles. The second-order valence-corrected chi connectivity index (χ2v) is 4.15. The minimum absolute atomic E-state index is 0.571. The fraction of sp³-hybridized carbons (Fsp3) is 0.917. The lowest BCUT2D eigenvalue weighted by Crippen LogP contribution is -2.17. The van der Waals surface area contributed by atoms with Crippen LogP contribution < -0.4 is 0 Å². The molecule has 12 heavy (non-hydrogen) atoms. The second-order valence-electron chi connectivity index (χ2n) is 4.15. The van der Waals surface area contributed by atoms with Crippen molar-refractivity contribution in [3.8, 4) is 0 Å². The van der Waals surface area contributed by atoms with E-state index in [1.165, 1.54) is 32.1 Å². The minimum atomic E-state index is 0.571. The van der Waals surface area contributed by atoms with Gasteiger partial charge in [0.05, 0.1) is 0 Å². The van der Waals surface area contributed by atoms with Gasteiger partial charge in [-0.25, -0.2) is 0 Å². The molecule has 1 radical (unpaired) electrons. The van der Waals surface area contributed by atoms with E-state index in [0.717, 1.165) is 0 Å². The molecule has 0 amide bonds. The molecule has 0 aliphatic rings. The van der Waals surface area contributed by atoms with E-state index >= 15 is 0 Å². The highest BCUT2D eigenvalue weighted by Gasteiger charge is 2.22. The van der Waals surface area contributed by atoms with Crippen molar-refractivity contribution in [1.29, 1.82) is 0 Å². The summed E-state index contributed by atoms with van der Waals surface area (Å²) in [5.74, 6) is 1.74. The van der Waals surface area contributed by atoms with Crippen LogP contribution in [0, 0.1) is 11.3 Å². The highest BCUT2D eigenvalue weighted by molar-refractivity contribution is 4.92. The summed E-state index contributed by atoms with van der Waals surface area (Å²) in [5.41, 5.74) is 0.571. The van der Waals surface area contributed by atoms with E-state index in [4.69, 9.17) is 0 Å². The molecule has 0 nitrogen and oxygen atoms in total. The summed E-state index contributed by atoms with van der Waals surface area (Å²) in [4.78, 5) is 0. The Morgan fingerprint density at radius 2 is 1.33 bits per heavy atom. The summed E-state index contributed by atoms with van der Waals surface area (Å²) in [7, 11) is 0. The second kappa shape index (κ2) is 5.61. The summed E-state index contributed by atoms with van der Waals surface area (Å²) >= 11 is 0. The molecular weight excluding hydrogens is 144 g/mol. The van der Waals surface area contributed by atoms with Gasteiger partial charge in [0.15, 0.2) is 0 Å². The van der Waals surface area contributed by atoms with Gasteiger partial charge in [-0.2, -0.15) is 0 Å². The third kappa shape index (κ3) is 3.60. The highest BCUT2D eigenvalue weighted by Crippen LogP contribution is 2.36. The van der Waals surface area contributed by atoms with Crippen LogP contribution in [0.25, 0.3) is 0 Å².